The van der Waals surface area contributed by atoms with E-state index in [1.165, 1.54) is 6.92 Å². The SMILES string of the molecule is CC(=O)NCCNc1nc(-c2ccccc2)nc(NCCNC(=O)C2(c3ccccc3)CCCC2)c1C. The third kappa shape index (κ3) is 6.44. The average Bonchev–Trinajstić information content (AvgIpc) is 3.43. The number of hydrogen-bond acceptors (Lipinski definition) is 6. The molecule has 1 aromatic heterocycles. The second kappa shape index (κ2) is 12.3. The van der Waals surface area contributed by atoms with Gasteiger partial charge in [0.1, 0.15) is 11.6 Å². The van der Waals surface area contributed by atoms with Gasteiger partial charge in [-0.1, -0.05) is 73.5 Å². The van der Waals surface area contributed by atoms with Crippen molar-refractivity contribution in [1.29, 1.82) is 0 Å². The number of nitrogens with one attached hydrogen (secondary N) is 4. The third-order valence-electron chi connectivity index (χ3n) is 6.89. The maximum Gasteiger partial charge on any atom is 0.230 e. The highest BCUT2D eigenvalue weighted by molar-refractivity contribution is 5.88. The Hall–Kier alpha value is -3.94. The molecule has 2 aromatic carbocycles. The summed E-state index contributed by atoms with van der Waals surface area (Å²) in [5.74, 6) is 2.06. The highest BCUT2D eigenvalue weighted by atomic mass is 16.2. The maximum absolute atomic E-state index is 13.3. The monoisotopic (exact) mass is 500 g/mol. The summed E-state index contributed by atoms with van der Waals surface area (Å²) < 4.78 is 0. The Morgan fingerprint density at radius 1 is 0.784 bits per heavy atom. The number of amides is 2. The van der Waals surface area contributed by atoms with Crippen LogP contribution in [-0.2, 0) is 15.0 Å². The first-order valence-electron chi connectivity index (χ1n) is 13.0. The topological polar surface area (TPSA) is 108 Å². The molecule has 1 saturated carbocycles. The van der Waals surface area contributed by atoms with E-state index in [1.807, 2.05) is 55.5 Å². The van der Waals surface area contributed by atoms with Crippen molar-refractivity contribution in [2.24, 2.45) is 0 Å². The van der Waals surface area contributed by atoms with Crippen LogP contribution < -0.4 is 21.3 Å². The van der Waals surface area contributed by atoms with E-state index in [2.05, 4.69) is 33.4 Å². The van der Waals surface area contributed by atoms with Crippen LogP contribution in [-0.4, -0.2) is 48.0 Å². The Bertz CT molecular complexity index is 1190. The van der Waals surface area contributed by atoms with Crippen molar-refractivity contribution in [2.75, 3.05) is 36.8 Å². The summed E-state index contributed by atoms with van der Waals surface area (Å²) in [7, 11) is 0. The second-order valence-corrected chi connectivity index (χ2v) is 9.48. The summed E-state index contributed by atoms with van der Waals surface area (Å²) >= 11 is 0. The van der Waals surface area contributed by atoms with E-state index >= 15 is 0 Å². The Balaban J connectivity index is 1.43. The maximum atomic E-state index is 13.3. The largest absolute Gasteiger partial charge is 0.368 e. The van der Waals surface area contributed by atoms with E-state index in [9.17, 15) is 9.59 Å². The molecule has 4 rings (SSSR count). The number of hydrogen-bond donors (Lipinski definition) is 4. The van der Waals surface area contributed by atoms with Gasteiger partial charge in [0.2, 0.25) is 11.8 Å². The predicted octanol–water partition coefficient (Wildman–Crippen LogP) is 4.04. The van der Waals surface area contributed by atoms with E-state index in [1.54, 1.807) is 0 Å². The lowest BCUT2D eigenvalue weighted by atomic mass is 9.78. The lowest BCUT2D eigenvalue weighted by Gasteiger charge is -2.28. The Labute approximate surface area is 218 Å². The van der Waals surface area contributed by atoms with Crippen molar-refractivity contribution < 1.29 is 9.59 Å². The van der Waals surface area contributed by atoms with Crippen LogP contribution in [0.4, 0.5) is 11.6 Å². The molecule has 8 heteroatoms. The molecule has 0 atom stereocenters. The molecule has 0 saturated heterocycles. The quantitative estimate of drug-likeness (QED) is 0.296. The van der Waals surface area contributed by atoms with E-state index in [-0.39, 0.29) is 11.8 Å². The normalized spacial score (nSPS) is 14.1. The van der Waals surface area contributed by atoms with Crippen molar-refractivity contribution in [1.82, 2.24) is 20.6 Å². The number of carbonyl (C=O) groups is 2. The van der Waals surface area contributed by atoms with Gasteiger partial charge in [-0.25, -0.2) is 9.97 Å². The molecule has 0 spiro atoms. The van der Waals surface area contributed by atoms with Crippen LogP contribution in [0.1, 0.15) is 43.7 Å². The fourth-order valence-electron chi connectivity index (χ4n) is 4.91. The highest BCUT2D eigenvalue weighted by Gasteiger charge is 2.42. The molecule has 0 radical (unpaired) electrons. The van der Waals surface area contributed by atoms with Crippen molar-refractivity contribution in [3.63, 3.8) is 0 Å². The molecule has 0 aliphatic heterocycles. The van der Waals surface area contributed by atoms with E-state index in [4.69, 9.17) is 9.97 Å². The van der Waals surface area contributed by atoms with Gasteiger partial charge in [0.25, 0.3) is 0 Å². The number of nitrogens with zero attached hydrogens (tertiary/aromatic N) is 2. The minimum Gasteiger partial charge on any atom is -0.368 e. The van der Waals surface area contributed by atoms with Crippen molar-refractivity contribution in [2.45, 2.75) is 44.9 Å². The summed E-state index contributed by atoms with van der Waals surface area (Å²) in [5.41, 5.74) is 2.46. The van der Waals surface area contributed by atoms with E-state index in [0.717, 1.165) is 42.4 Å². The van der Waals surface area contributed by atoms with Gasteiger partial charge < -0.3 is 21.3 Å². The molecule has 1 heterocycles. The van der Waals surface area contributed by atoms with Crippen LogP contribution >= 0.6 is 0 Å². The molecule has 0 unspecified atom stereocenters. The fourth-order valence-corrected chi connectivity index (χ4v) is 4.91. The molecular weight excluding hydrogens is 464 g/mol. The summed E-state index contributed by atoms with van der Waals surface area (Å²) in [6.45, 7) is 5.52. The number of aromatic nitrogens is 2. The predicted molar refractivity (Wildman–Crippen MR) is 147 cm³/mol. The minimum atomic E-state index is -0.433. The molecular formula is C29H36N6O2. The first-order valence-corrected chi connectivity index (χ1v) is 13.0. The first kappa shape index (κ1) is 26.1. The van der Waals surface area contributed by atoms with Crippen LogP contribution in [0.2, 0.25) is 0 Å². The van der Waals surface area contributed by atoms with Crippen LogP contribution in [0.15, 0.2) is 60.7 Å². The summed E-state index contributed by atoms with van der Waals surface area (Å²) in [4.78, 5) is 34.0. The molecule has 4 N–H and O–H groups in total. The smallest absolute Gasteiger partial charge is 0.230 e. The van der Waals surface area contributed by atoms with Gasteiger partial charge in [-0.05, 0) is 25.3 Å². The second-order valence-electron chi connectivity index (χ2n) is 9.48. The van der Waals surface area contributed by atoms with Gasteiger partial charge in [0.05, 0.1) is 5.41 Å². The average molecular weight is 501 g/mol. The Morgan fingerprint density at radius 3 is 1.89 bits per heavy atom. The minimum absolute atomic E-state index is 0.0674. The zero-order valence-electron chi connectivity index (χ0n) is 21.6. The van der Waals surface area contributed by atoms with E-state index in [0.29, 0.717) is 43.6 Å². The fraction of sp³-hybridized carbons (Fsp3) is 0.379. The number of rotatable bonds is 11. The van der Waals surface area contributed by atoms with Crippen molar-refractivity contribution in [3.05, 3.63) is 71.8 Å². The molecule has 0 bridgehead atoms. The van der Waals surface area contributed by atoms with Gasteiger partial charge in [-0.15, -0.1) is 0 Å². The van der Waals surface area contributed by atoms with Crippen LogP contribution in [0.5, 0.6) is 0 Å². The molecule has 1 aliphatic rings. The zero-order valence-corrected chi connectivity index (χ0v) is 21.6. The Morgan fingerprint density at radius 2 is 1.32 bits per heavy atom. The van der Waals surface area contributed by atoms with Gasteiger partial charge in [0, 0.05) is 44.2 Å². The molecule has 37 heavy (non-hydrogen) atoms. The van der Waals surface area contributed by atoms with Crippen LogP contribution in [0.25, 0.3) is 11.4 Å². The number of carbonyl (C=O) groups excluding carboxylic acids is 2. The summed E-state index contributed by atoms with van der Waals surface area (Å²) in [5, 5.41) is 12.7. The zero-order chi connectivity index (χ0) is 26.1. The standard InChI is InChI=1S/C29H36N6O2/c1-21-25(31-18-17-30-22(2)36)34-27(23-11-5-3-6-12-23)35-26(21)32-19-20-33-28(37)29(15-9-10-16-29)24-13-7-4-8-14-24/h3-8,11-14H,9-10,15-20H2,1-2H3,(H,30,36)(H,33,37)(H2,31,32,34,35). The van der Waals surface area contributed by atoms with Crippen molar-refractivity contribution >= 4 is 23.5 Å². The van der Waals surface area contributed by atoms with Crippen LogP contribution in [0.3, 0.4) is 0 Å². The van der Waals surface area contributed by atoms with Gasteiger partial charge >= 0.3 is 0 Å². The van der Waals surface area contributed by atoms with Crippen LogP contribution in [0, 0.1) is 6.92 Å². The first-order chi connectivity index (χ1) is 18.0. The summed E-state index contributed by atoms with van der Waals surface area (Å²) in [6, 6.07) is 20.0. The van der Waals surface area contributed by atoms with Gasteiger partial charge in [-0.2, -0.15) is 0 Å². The van der Waals surface area contributed by atoms with Crippen molar-refractivity contribution in [3.8, 4) is 11.4 Å². The molecule has 1 aliphatic carbocycles. The molecule has 1 fully saturated rings. The summed E-state index contributed by atoms with van der Waals surface area (Å²) in [6.07, 6.45) is 3.91. The number of benzene rings is 2. The van der Waals surface area contributed by atoms with Gasteiger partial charge in [0.15, 0.2) is 5.82 Å². The van der Waals surface area contributed by atoms with Gasteiger partial charge in [-0.3, -0.25) is 9.59 Å². The molecule has 194 valence electrons. The third-order valence-corrected chi connectivity index (χ3v) is 6.89. The molecule has 2 amide bonds. The lowest BCUT2D eigenvalue weighted by molar-refractivity contribution is -0.126. The molecule has 3 aromatic rings. The highest BCUT2D eigenvalue weighted by Crippen LogP contribution is 2.41. The van der Waals surface area contributed by atoms with E-state index < -0.39 is 5.41 Å². The lowest BCUT2D eigenvalue weighted by Crippen LogP contribution is -2.44. The molecule has 8 nitrogen and oxygen atoms in total. The number of anilines is 2. The Kier molecular flexibility index (Phi) is 8.72.